The Morgan fingerprint density at radius 2 is 1.76 bits per heavy atom. The number of carbonyl (C=O) groups is 2. The Bertz CT molecular complexity index is 1160. The molecule has 0 aliphatic carbocycles. The van der Waals surface area contributed by atoms with E-state index >= 15 is 0 Å². The molecule has 1 aromatic heterocycles. The summed E-state index contributed by atoms with van der Waals surface area (Å²) in [6.07, 6.45) is 0. The van der Waals surface area contributed by atoms with Crippen LogP contribution in [0, 0.1) is 5.92 Å². The second-order valence-electron chi connectivity index (χ2n) is 8.34. The van der Waals surface area contributed by atoms with Crippen LogP contribution in [0.25, 0.3) is 0 Å². The molecule has 0 saturated heterocycles. The zero-order chi connectivity index (χ0) is 23.5. The van der Waals surface area contributed by atoms with Crippen LogP contribution in [0.2, 0.25) is 0 Å². The van der Waals surface area contributed by atoms with Crippen molar-refractivity contribution in [3.05, 3.63) is 93.4 Å². The van der Waals surface area contributed by atoms with Crippen molar-refractivity contribution in [3.63, 3.8) is 0 Å². The van der Waals surface area contributed by atoms with Crippen molar-refractivity contribution in [1.29, 1.82) is 0 Å². The molecule has 3 aromatic rings. The van der Waals surface area contributed by atoms with Crippen molar-refractivity contribution in [2.45, 2.75) is 26.4 Å². The smallest absolute Gasteiger partial charge is 0.290 e. The van der Waals surface area contributed by atoms with Gasteiger partial charge in [0.2, 0.25) is 5.78 Å². The van der Waals surface area contributed by atoms with E-state index in [-0.39, 0.29) is 23.7 Å². The predicted molar refractivity (Wildman–Crippen MR) is 126 cm³/mol. The van der Waals surface area contributed by atoms with E-state index in [1.165, 1.54) is 28.4 Å². The van der Waals surface area contributed by atoms with Crippen LogP contribution in [0.15, 0.2) is 77.4 Å². The van der Waals surface area contributed by atoms with Gasteiger partial charge in [0.1, 0.15) is 11.5 Å². The van der Waals surface area contributed by atoms with Gasteiger partial charge in [-0.3, -0.25) is 9.59 Å². The Hall–Kier alpha value is -3.58. The van der Waals surface area contributed by atoms with Crippen LogP contribution in [0.3, 0.4) is 0 Å². The molecule has 1 aliphatic rings. The molecular formula is C26H25NO5S. The van der Waals surface area contributed by atoms with Crippen molar-refractivity contribution < 1.29 is 24.5 Å². The molecule has 6 nitrogen and oxygen atoms in total. The van der Waals surface area contributed by atoms with Gasteiger partial charge in [-0.25, -0.2) is 0 Å². The minimum Gasteiger partial charge on any atom is -0.508 e. The maximum Gasteiger partial charge on any atom is 0.290 e. The summed E-state index contributed by atoms with van der Waals surface area (Å²) in [6.45, 7) is 4.95. The molecule has 170 valence electrons. The lowest BCUT2D eigenvalue weighted by Gasteiger charge is -2.27. The summed E-state index contributed by atoms with van der Waals surface area (Å²) in [5.41, 5.74) is 1.51. The number of thiophene rings is 1. The van der Waals surface area contributed by atoms with Gasteiger partial charge in [0, 0.05) is 6.54 Å². The van der Waals surface area contributed by atoms with Crippen LogP contribution in [-0.4, -0.2) is 33.4 Å². The van der Waals surface area contributed by atoms with E-state index in [0.29, 0.717) is 23.0 Å². The lowest BCUT2D eigenvalue weighted by molar-refractivity contribution is -0.130. The Morgan fingerprint density at radius 1 is 1.06 bits per heavy atom. The van der Waals surface area contributed by atoms with E-state index in [0.717, 1.165) is 11.3 Å². The number of aliphatic hydroxyl groups is 1. The van der Waals surface area contributed by atoms with E-state index in [2.05, 4.69) is 13.8 Å². The fraction of sp³-hybridized carbons (Fsp3) is 0.231. The van der Waals surface area contributed by atoms with Crippen molar-refractivity contribution in [2.75, 3.05) is 6.61 Å². The Morgan fingerprint density at radius 3 is 2.36 bits per heavy atom. The number of benzene rings is 2. The van der Waals surface area contributed by atoms with E-state index in [9.17, 15) is 19.8 Å². The maximum absolute atomic E-state index is 13.2. The molecule has 1 atom stereocenters. The number of rotatable bonds is 8. The number of hydrogen-bond donors (Lipinski definition) is 2. The number of ether oxygens (including phenoxy) is 1. The number of aliphatic hydroxyl groups excluding tert-OH is 1. The summed E-state index contributed by atoms with van der Waals surface area (Å²) in [6, 6.07) is 16.4. The van der Waals surface area contributed by atoms with Crippen molar-refractivity contribution in [1.82, 2.24) is 4.90 Å². The summed E-state index contributed by atoms with van der Waals surface area (Å²) in [5.74, 6) is -0.299. The molecule has 1 unspecified atom stereocenters. The first-order valence-electron chi connectivity index (χ1n) is 10.7. The number of hydrogen-bond acceptors (Lipinski definition) is 6. The standard InChI is InChI=1S/C26H25NO5S/c1-16(2)15-32-20-11-5-17(6-12-20)14-27-23(18-7-9-19(28)10-8-18)22(25(30)26(27)31)24(29)21-4-3-13-33-21/h3-13,16,23,28,30H,14-15H2,1-2H3. The molecule has 4 rings (SSSR count). The van der Waals surface area contributed by atoms with Gasteiger partial charge in [-0.15, -0.1) is 11.3 Å². The molecule has 0 radical (unpaired) electrons. The molecule has 0 saturated carbocycles. The number of carbonyl (C=O) groups excluding carboxylic acids is 2. The third-order valence-corrected chi connectivity index (χ3v) is 6.23. The molecule has 33 heavy (non-hydrogen) atoms. The molecule has 1 amide bonds. The Balaban J connectivity index is 1.66. The molecule has 2 N–H and O–H groups in total. The minimum atomic E-state index is -0.774. The van der Waals surface area contributed by atoms with Crippen molar-refractivity contribution in [3.8, 4) is 11.5 Å². The molecule has 2 aromatic carbocycles. The highest BCUT2D eigenvalue weighted by Gasteiger charge is 2.43. The lowest BCUT2D eigenvalue weighted by Crippen LogP contribution is -2.30. The van der Waals surface area contributed by atoms with Gasteiger partial charge in [0.15, 0.2) is 5.76 Å². The minimum absolute atomic E-state index is 0.0463. The Labute approximate surface area is 196 Å². The second-order valence-corrected chi connectivity index (χ2v) is 9.29. The van der Waals surface area contributed by atoms with E-state index in [1.54, 1.807) is 29.6 Å². The van der Waals surface area contributed by atoms with Gasteiger partial charge < -0.3 is 19.8 Å². The highest BCUT2D eigenvalue weighted by Crippen LogP contribution is 2.40. The van der Waals surface area contributed by atoms with Crippen LogP contribution < -0.4 is 4.74 Å². The quantitative estimate of drug-likeness (QED) is 0.445. The number of phenolic OH excluding ortho intramolecular Hbond substituents is 1. The number of ketones is 1. The molecule has 0 fully saturated rings. The van der Waals surface area contributed by atoms with E-state index in [4.69, 9.17) is 4.74 Å². The molecule has 0 spiro atoms. The second kappa shape index (κ2) is 9.50. The molecule has 1 aliphatic heterocycles. The number of Topliss-reactive ketones (excluding diaryl/α,β-unsaturated/α-hetero) is 1. The average molecular weight is 464 g/mol. The first-order chi connectivity index (χ1) is 15.8. The fourth-order valence-electron chi connectivity index (χ4n) is 3.74. The van der Waals surface area contributed by atoms with Gasteiger partial charge in [-0.2, -0.15) is 0 Å². The third kappa shape index (κ3) is 4.78. The highest BCUT2D eigenvalue weighted by molar-refractivity contribution is 7.12. The number of aromatic hydroxyl groups is 1. The zero-order valence-corrected chi connectivity index (χ0v) is 19.2. The van der Waals surface area contributed by atoms with Crippen LogP contribution in [0.1, 0.15) is 40.7 Å². The zero-order valence-electron chi connectivity index (χ0n) is 18.4. The number of nitrogens with zero attached hydrogens (tertiary/aromatic N) is 1. The van der Waals surface area contributed by atoms with E-state index < -0.39 is 17.7 Å². The lowest BCUT2D eigenvalue weighted by atomic mass is 9.95. The van der Waals surface area contributed by atoms with Gasteiger partial charge >= 0.3 is 0 Å². The van der Waals surface area contributed by atoms with Gasteiger partial charge in [-0.1, -0.05) is 44.2 Å². The van der Waals surface area contributed by atoms with Gasteiger partial charge in [0.05, 0.1) is 23.1 Å². The van der Waals surface area contributed by atoms with Crippen molar-refractivity contribution in [2.24, 2.45) is 5.92 Å². The Kier molecular flexibility index (Phi) is 6.51. The third-order valence-electron chi connectivity index (χ3n) is 5.36. The van der Waals surface area contributed by atoms with Crippen molar-refractivity contribution >= 4 is 23.0 Å². The fourth-order valence-corrected chi connectivity index (χ4v) is 4.42. The topological polar surface area (TPSA) is 87.1 Å². The molecule has 0 bridgehead atoms. The van der Waals surface area contributed by atoms with Crippen LogP contribution in [0.5, 0.6) is 11.5 Å². The van der Waals surface area contributed by atoms with E-state index in [1.807, 2.05) is 24.3 Å². The predicted octanol–water partition coefficient (Wildman–Crippen LogP) is 5.27. The molecular weight excluding hydrogens is 438 g/mol. The first kappa shape index (κ1) is 22.6. The summed E-state index contributed by atoms with van der Waals surface area (Å²) >= 11 is 1.26. The largest absolute Gasteiger partial charge is 0.508 e. The first-order valence-corrected chi connectivity index (χ1v) is 11.6. The van der Waals surface area contributed by atoms with Crippen LogP contribution in [0.4, 0.5) is 0 Å². The average Bonchev–Trinajstić information content (AvgIpc) is 3.42. The summed E-state index contributed by atoms with van der Waals surface area (Å²) in [4.78, 5) is 28.2. The SMILES string of the molecule is CC(C)COc1ccc(CN2C(=O)C(O)=C(C(=O)c3cccs3)C2c2ccc(O)cc2)cc1. The number of phenols is 1. The van der Waals surface area contributed by atoms with Gasteiger partial charge in [0.25, 0.3) is 5.91 Å². The number of amides is 1. The highest BCUT2D eigenvalue weighted by atomic mass is 32.1. The van der Waals surface area contributed by atoms with Crippen LogP contribution >= 0.6 is 11.3 Å². The summed E-state index contributed by atoms with van der Waals surface area (Å²) < 4.78 is 5.73. The molecule has 7 heteroatoms. The van der Waals surface area contributed by atoms with Crippen LogP contribution in [-0.2, 0) is 11.3 Å². The monoisotopic (exact) mass is 463 g/mol. The normalized spacial score (nSPS) is 16.0. The summed E-state index contributed by atoms with van der Waals surface area (Å²) in [7, 11) is 0. The molecule has 2 heterocycles. The van der Waals surface area contributed by atoms with Gasteiger partial charge in [-0.05, 0) is 52.8 Å². The maximum atomic E-state index is 13.2. The summed E-state index contributed by atoms with van der Waals surface area (Å²) in [5, 5.41) is 22.2.